The van der Waals surface area contributed by atoms with E-state index in [1.165, 1.54) is 11.3 Å². The summed E-state index contributed by atoms with van der Waals surface area (Å²) in [5, 5.41) is 5.15. The lowest BCUT2D eigenvalue weighted by atomic mass is 10.3. The lowest BCUT2D eigenvalue weighted by Gasteiger charge is -2.14. The molecule has 0 saturated carbocycles. The van der Waals surface area contributed by atoms with Gasteiger partial charge in [0.2, 0.25) is 5.91 Å². The summed E-state index contributed by atoms with van der Waals surface area (Å²) in [6, 6.07) is -0.168. The van der Waals surface area contributed by atoms with Crippen molar-refractivity contribution >= 4 is 23.2 Å². The number of amides is 2. The van der Waals surface area contributed by atoms with Gasteiger partial charge in [0.1, 0.15) is 10.7 Å². The molecule has 1 aromatic heterocycles. The van der Waals surface area contributed by atoms with Crippen LogP contribution in [0, 0.1) is 0 Å². The van der Waals surface area contributed by atoms with Crippen molar-refractivity contribution in [3.05, 3.63) is 16.1 Å². The molecule has 1 aliphatic rings. The summed E-state index contributed by atoms with van der Waals surface area (Å²) in [7, 11) is 0. The molecule has 0 aromatic carbocycles. The molecular formula is C13H20N4O2S. The number of thiazole rings is 1. The maximum absolute atomic E-state index is 11.9. The molecule has 0 radical (unpaired) electrons. The molecule has 20 heavy (non-hydrogen) atoms. The minimum absolute atomic E-state index is 0.109. The summed E-state index contributed by atoms with van der Waals surface area (Å²) in [6.07, 6.45) is 2.50. The third-order valence-electron chi connectivity index (χ3n) is 3.23. The van der Waals surface area contributed by atoms with Crippen LogP contribution in [0.15, 0.2) is 5.38 Å². The molecule has 6 nitrogen and oxygen atoms in total. The molecule has 1 aromatic rings. The molecule has 1 fully saturated rings. The smallest absolute Gasteiger partial charge is 0.270 e. The highest BCUT2D eigenvalue weighted by Gasteiger charge is 2.18. The number of rotatable bonds is 5. The summed E-state index contributed by atoms with van der Waals surface area (Å²) in [5.41, 5.74) is 6.07. The van der Waals surface area contributed by atoms with Crippen molar-refractivity contribution in [1.82, 2.24) is 15.2 Å². The number of hydrogen-bond donors (Lipinski definition) is 2. The van der Waals surface area contributed by atoms with Gasteiger partial charge in [0.15, 0.2) is 0 Å². The lowest BCUT2D eigenvalue weighted by Crippen LogP contribution is -2.32. The first-order valence-electron chi connectivity index (χ1n) is 6.85. The standard InChI is InChI=1S/C13H20N4O2S/c1-9(14)13-16-10(8-20-13)12(19)15-5-4-11(18)17-6-2-3-7-17/h8-9H,2-7,14H2,1H3,(H,15,19). The monoisotopic (exact) mass is 296 g/mol. The van der Waals surface area contributed by atoms with Gasteiger partial charge in [-0.3, -0.25) is 9.59 Å². The van der Waals surface area contributed by atoms with Gasteiger partial charge in [-0.05, 0) is 19.8 Å². The first kappa shape index (κ1) is 14.9. The number of carbonyl (C=O) groups is 2. The fourth-order valence-electron chi connectivity index (χ4n) is 2.10. The Bertz CT molecular complexity index is 480. The highest BCUT2D eigenvalue weighted by Crippen LogP contribution is 2.15. The molecule has 110 valence electrons. The number of nitrogens with two attached hydrogens (primary N) is 1. The van der Waals surface area contributed by atoms with Gasteiger partial charge < -0.3 is 16.0 Å². The van der Waals surface area contributed by atoms with Gasteiger partial charge in [-0.15, -0.1) is 11.3 Å². The van der Waals surface area contributed by atoms with Crippen LogP contribution in [0.4, 0.5) is 0 Å². The molecule has 1 aliphatic heterocycles. The number of aromatic nitrogens is 1. The van der Waals surface area contributed by atoms with Gasteiger partial charge in [-0.2, -0.15) is 0 Å². The van der Waals surface area contributed by atoms with Crippen LogP contribution in [0.3, 0.4) is 0 Å². The van der Waals surface area contributed by atoms with E-state index in [2.05, 4.69) is 10.3 Å². The second-order valence-electron chi connectivity index (χ2n) is 4.95. The summed E-state index contributed by atoms with van der Waals surface area (Å²) >= 11 is 1.37. The first-order valence-corrected chi connectivity index (χ1v) is 7.73. The zero-order valence-corrected chi connectivity index (χ0v) is 12.4. The van der Waals surface area contributed by atoms with Crippen molar-refractivity contribution in [1.29, 1.82) is 0 Å². The molecular weight excluding hydrogens is 276 g/mol. The van der Waals surface area contributed by atoms with Crippen LogP contribution in [0.25, 0.3) is 0 Å². The fraction of sp³-hybridized carbons (Fsp3) is 0.615. The van der Waals surface area contributed by atoms with Crippen LogP contribution >= 0.6 is 11.3 Å². The van der Waals surface area contributed by atoms with E-state index in [-0.39, 0.29) is 17.9 Å². The summed E-state index contributed by atoms with van der Waals surface area (Å²) < 4.78 is 0. The highest BCUT2D eigenvalue weighted by atomic mass is 32.1. The first-order chi connectivity index (χ1) is 9.58. The van der Waals surface area contributed by atoms with Crippen molar-refractivity contribution in [2.45, 2.75) is 32.2 Å². The Morgan fingerprint density at radius 1 is 1.50 bits per heavy atom. The molecule has 2 rings (SSSR count). The van der Waals surface area contributed by atoms with E-state index in [4.69, 9.17) is 5.73 Å². The molecule has 0 bridgehead atoms. The van der Waals surface area contributed by atoms with E-state index < -0.39 is 0 Å². The molecule has 7 heteroatoms. The predicted molar refractivity (Wildman–Crippen MR) is 77.5 cm³/mol. The number of nitrogens with one attached hydrogen (secondary N) is 1. The van der Waals surface area contributed by atoms with Gasteiger partial charge in [0, 0.05) is 31.4 Å². The quantitative estimate of drug-likeness (QED) is 0.845. The molecule has 2 heterocycles. The van der Waals surface area contributed by atoms with E-state index in [1.807, 2.05) is 11.8 Å². The van der Waals surface area contributed by atoms with Crippen molar-refractivity contribution in [3.8, 4) is 0 Å². The molecule has 1 unspecified atom stereocenters. The normalized spacial score (nSPS) is 16.2. The summed E-state index contributed by atoms with van der Waals surface area (Å²) in [4.78, 5) is 29.7. The summed E-state index contributed by atoms with van der Waals surface area (Å²) in [5.74, 6) is -0.139. The van der Waals surface area contributed by atoms with Crippen molar-refractivity contribution in [2.75, 3.05) is 19.6 Å². The second kappa shape index (κ2) is 6.81. The lowest BCUT2D eigenvalue weighted by molar-refractivity contribution is -0.129. The zero-order valence-electron chi connectivity index (χ0n) is 11.6. The van der Waals surface area contributed by atoms with Crippen LogP contribution in [0.5, 0.6) is 0 Å². The minimum Gasteiger partial charge on any atom is -0.350 e. The van der Waals surface area contributed by atoms with E-state index in [9.17, 15) is 9.59 Å². The Morgan fingerprint density at radius 3 is 2.80 bits per heavy atom. The maximum Gasteiger partial charge on any atom is 0.270 e. The van der Waals surface area contributed by atoms with E-state index in [0.717, 1.165) is 30.9 Å². The van der Waals surface area contributed by atoms with Crippen LogP contribution < -0.4 is 11.1 Å². The number of likely N-dealkylation sites (tertiary alicyclic amines) is 1. The van der Waals surface area contributed by atoms with E-state index in [0.29, 0.717) is 18.7 Å². The van der Waals surface area contributed by atoms with Gasteiger partial charge in [-0.1, -0.05) is 0 Å². The molecule has 1 saturated heterocycles. The van der Waals surface area contributed by atoms with Crippen LogP contribution in [0.2, 0.25) is 0 Å². The van der Waals surface area contributed by atoms with Crippen molar-refractivity contribution in [3.63, 3.8) is 0 Å². The number of hydrogen-bond acceptors (Lipinski definition) is 5. The molecule has 1 atom stereocenters. The third kappa shape index (κ3) is 3.77. The van der Waals surface area contributed by atoms with Crippen molar-refractivity contribution < 1.29 is 9.59 Å². The molecule has 0 spiro atoms. The van der Waals surface area contributed by atoms with Crippen LogP contribution in [-0.4, -0.2) is 41.3 Å². The maximum atomic E-state index is 11.9. The fourth-order valence-corrected chi connectivity index (χ4v) is 2.86. The highest BCUT2D eigenvalue weighted by molar-refractivity contribution is 7.09. The van der Waals surface area contributed by atoms with Gasteiger partial charge in [0.25, 0.3) is 5.91 Å². The second-order valence-corrected chi connectivity index (χ2v) is 5.84. The third-order valence-corrected chi connectivity index (χ3v) is 4.27. The molecule has 2 amide bonds. The van der Waals surface area contributed by atoms with E-state index >= 15 is 0 Å². The van der Waals surface area contributed by atoms with Gasteiger partial charge in [0.05, 0.1) is 6.04 Å². The number of nitrogens with zero attached hydrogens (tertiary/aromatic N) is 2. The predicted octanol–water partition coefficient (Wildman–Crippen LogP) is 0.905. The van der Waals surface area contributed by atoms with Crippen LogP contribution in [0.1, 0.15) is 47.7 Å². The Hall–Kier alpha value is -1.47. The van der Waals surface area contributed by atoms with Gasteiger partial charge >= 0.3 is 0 Å². The summed E-state index contributed by atoms with van der Waals surface area (Å²) in [6.45, 7) is 3.86. The minimum atomic E-state index is -0.248. The zero-order chi connectivity index (χ0) is 14.5. The molecule has 0 aliphatic carbocycles. The largest absolute Gasteiger partial charge is 0.350 e. The van der Waals surface area contributed by atoms with Crippen LogP contribution in [-0.2, 0) is 4.79 Å². The topological polar surface area (TPSA) is 88.3 Å². The Morgan fingerprint density at radius 2 is 2.20 bits per heavy atom. The average molecular weight is 296 g/mol. The SMILES string of the molecule is CC(N)c1nc(C(=O)NCCC(=O)N2CCCC2)cs1. The number of carbonyl (C=O) groups excluding carboxylic acids is 2. The van der Waals surface area contributed by atoms with Crippen molar-refractivity contribution in [2.24, 2.45) is 5.73 Å². The average Bonchev–Trinajstić information content (AvgIpc) is 3.09. The molecule has 3 N–H and O–H groups in total. The van der Waals surface area contributed by atoms with Gasteiger partial charge in [-0.25, -0.2) is 4.98 Å². The van der Waals surface area contributed by atoms with E-state index in [1.54, 1.807) is 5.38 Å². The Kier molecular flexibility index (Phi) is 5.08. The Balaban J connectivity index is 1.75. The Labute approximate surface area is 122 Å².